The molecule has 150 valence electrons. The number of Topliss-reactive ketones (excluding diaryl/α,β-unsaturated/α-hetero) is 1. The quantitative estimate of drug-likeness (QED) is 0.399. The highest BCUT2D eigenvalue weighted by atomic mass is 32.2. The van der Waals surface area contributed by atoms with Gasteiger partial charge in [0, 0.05) is 18.5 Å². The van der Waals surface area contributed by atoms with Crippen LogP contribution in [0.4, 0.5) is 5.69 Å². The molecule has 2 heterocycles. The molecule has 10 heteroatoms. The summed E-state index contributed by atoms with van der Waals surface area (Å²) in [5.74, 6) is -0.117. The molecule has 0 fully saturated rings. The van der Waals surface area contributed by atoms with Gasteiger partial charge in [0.2, 0.25) is 11.8 Å². The zero-order chi connectivity index (χ0) is 20.8. The van der Waals surface area contributed by atoms with Gasteiger partial charge in [0.15, 0.2) is 16.8 Å². The van der Waals surface area contributed by atoms with E-state index in [1.165, 1.54) is 30.0 Å². The minimum absolute atomic E-state index is 0.0748. The van der Waals surface area contributed by atoms with Crippen LogP contribution in [0.25, 0.3) is 10.7 Å². The Kier molecular flexibility index (Phi) is 6.78. The van der Waals surface area contributed by atoms with Gasteiger partial charge in [0.1, 0.15) is 0 Å². The maximum absolute atomic E-state index is 12.4. The summed E-state index contributed by atoms with van der Waals surface area (Å²) < 4.78 is 1.79. The van der Waals surface area contributed by atoms with Crippen LogP contribution in [-0.4, -0.2) is 38.1 Å². The summed E-state index contributed by atoms with van der Waals surface area (Å²) in [7, 11) is 0. The molecule has 3 N–H and O–H groups in total. The largest absolute Gasteiger partial charge is 0.370 e. The van der Waals surface area contributed by atoms with Gasteiger partial charge in [-0.05, 0) is 30.5 Å². The van der Waals surface area contributed by atoms with Crippen LogP contribution in [0, 0.1) is 0 Å². The summed E-state index contributed by atoms with van der Waals surface area (Å²) in [5.41, 5.74) is 6.21. The first kappa shape index (κ1) is 20.7. The first-order valence-electron chi connectivity index (χ1n) is 8.73. The number of anilines is 1. The van der Waals surface area contributed by atoms with E-state index in [1.54, 1.807) is 28.8 Å². The molecular weight excluding hydrogens is 410 g/mol. The summed E-state index contributed by atoms with van der Waals surface area (Å²) >= 11 is 2.71. The number of thiophene rings is 1. The van der Waals surface area contributed by atoms with Crippen molar-refractivity contribution in [3.8, 4) is 10.7 Å². The summed E-state index contributed by atoms with van der Waals surface area (Å²) in [4.78, 5) is 36.2. The number of para-hydroxylation sites is 1. The molecule has 0 saturated carbocycles. The van der Waals surface area contributed by atoms with E-state index >= 15 is 0 Å². The van der Waals surface area contributed by atoms with Gasteiger partial charge in [0.25, 0.3) is 0 Å². The average Bonchev–Trinajstić information content (AvgIpc) is 3.34. The number of benzene rings is 1. The van der Waals surface area contributed by atoms with E-state index < -0.39 is 5.91 Å². The highest BCUT2D eigenvalue weighted by Crippen LogP contribution is 2.27. The molecule has 0 bridgehead atoms. The number of hydrogen-bond acceptors (Lipinski definition) is 7. The van der Waals surface area contributed by atoms with Gasteiger partial charge in [-0.3, -0.25) is 14.4 Å². The van der Waals surface area contributed by atoms with Gasteiger partial charge >= 0.3 is 0 Å². The number of nitrogens with one attached hydrogen (secondary N) is 1. The predicted octanol–water partition coefficient (Wildman–Crippen LogP) is 2.82. The van der Waals surface area contributed by atoms with E-state index in [9.17, 15) is 14.4 Å². The highest BCUT2D eigenvalue weighted by molar-refractivity contribution is 7.99. The van der Waals surface area contributed by atoms with Crippen molar-refractivity contribution in [1.82, 2.24) is 14.8 Å². The van der Waals surface area contributed by atoms with E-state index in [2.05, 4.69) is 15.5 Å². The molecule has 0 unspecified atom stereocenters. The van der Waals surface area contributed by atoms with Gasteiger partial charge in [-0.15, -0.1) is 21.5 Å². The number of thioether (sulfide) groups is 1. The lowest BCUT2D eigenvalue weighted by atomic mass is 10.1. The van der Waals surface area contributed by atoms with Crippen molar-refractivity contribution in [2.75, 3.05) is 11.1 Å². The van der Waals surface area contributed by atoms with E-state index in [0.717, 1.165) is 4.88 Å². The van der Waals surface area contributed by atoms with Gasteiger partial charge in [0.05, 0.1) is 16.3 Å². The number of rotatable bonds is 9. The second-order valence-corrected chi connectivity index (χ2v) is 7.98. The molecule has 0 aliphatic heterocycles. The number of nitrogens with zero attached hydrogens (tertiary/aromatic N) is 3. The van der Waals surface area contributed by atoms with Crippen LogP contribution in [0.2, 0.25) is 0 Å². The van der Waals surface area contributed by atoms with Crippen molar-refractivity contribution in [3.05, 3.63) is 47.3 Å². The van der Waals surface area contributed by atoms with E-state index in [0.29, 0.717) is 28.8 Å². The molecule has 0 spiro atoms. The Labute approximate surface area is 175 Å². The number of ketones is 1. The predicted molar refractivity (Wildman–Crippen MR) is 113 cm³/mol. The van der Waals surface area contributed by atoms with Gasteiger partial charge < -0.3 is 15.6 Å². The summed E-state index contributed by atoms with van der Waals surface area (Å²) in [6, 6.07) is 10.7. The molecule has 1 aromatic carbocycles. The minimum Gasteiger partial charge on any atom is -0.370 e. The zero-order valence-corrected chi connectivity index (χ0v) is 17.3. The van der Waals surface area contributed by atoms with Crippen LogP contribution in [0.5, 0.6) is 0 Å². The maximum atomic E-state index is 12.4. The topological polar surface area (TPSA) is 120 Å². The summed E-state index contributed by atoms with van der Waals surface area (Å²) in [6.45, 7) is 1.78. The average molecular weight is 430 g/mol. The van der Waals surface area contributed by atoms with Crippen LogP contribution in [0.3, 0.4) is 0 Å². The number of carbonyl (C=O) groups excluding carboxylic acids is 3. The normalized spacial score (nSPS) is 10.7. The molecule has 2 amide bonds. The number of aromatic nitrogens is 3. The minimum atomic E-state index is -0.426. The van der Waals surface area contributed by atoms with Gasteiger partial charge in [-0.1, -0.05) is 30.0 Å². The van der Waals surface area contributed by atoms with Crippen molar-refractivity contribution in [2.45, 2.75) is 25.0 Å². The van der Waals surface area contributed by atoms with E-state index in [1.807, 2.05) is 17.5 Å². The number of amides is 2. The third-order valence-electron chi connectivity index (χ3n) is 3.95. The molecule has 0 radical (unpaired) electrons. The number of hydrogen-bond donors (Lipinski definition) is 2. The summed E-state index contributed by atoms with van der Waals surface area (Å²) in [5, 5.41) is 13.6. The third-order valence-corrected chi connectivity index (χ3v) is 5.79. The van der Waals surface area contributed by atoms with Crippen molar-refractivity contribution in [2.24, 2.45) is 5.73 Å². The Morgan fingerprint density at radius 1 is 1.17 bits per heavy atom. The van der Waals surface area contributed by atoms with Crippen molar-refractivity contribution in [1.29, 1.82) is 0 Å². The molecule has 3 aromatic rings. The van der Waals surface area contributed by atoms with Gasteiger partial charge in [-0.2, -0.15) is 0 Å². The number of primary amides is 1. The first-order valence-corrected chi connectivity index (χ1v) is 10.6. The summed E-state index contributed by atoms with van der Waals surface area (Å²) in [6.07, 6.45) is 0.141. The molecule has 2 aromatic heterocycles. The molecule has 29 heavy (non-hydrogen) atoms. The van der Waals surface area contributed by atoms with Gasteiger partial charge in [-0.25, -0.2) is 0 Å². The van der Waals surface area contributed by atoms with Crippen LogP contribution in [0.1, 0.15) is 23.7 Å². The second-order valence-electron chi connectivity index (χ2n) is 6.09. The second kappa shape index (κ2) is 9.48. The number of carbonyl (C=O) groups is 3. The Morgan fingerprint density at radius 3 is 2.66 bits per heavy atom. The molecule has 0 saturated heterocycles. The molecule has 0 aliphatic carbocycles. The Balaban J connectivity index is 1.72. The Bertz CT molecular complexity index is 1030. The molecule has 0 aliphatic rings. The highest BCUT2D eigenvalue weighted by Gasteiger charge is 2.17. The van der Waals surface area contributed by atoms with E-state index in [-0.39, 0.29) is 23.9 Å². The monoisotopic (exact) mass is 429 g/mol. The SMILES string of the molecule is CC(=O)c1ccccc1NC(=O)CSc1nnc(-c2cccs2)n1CCC(N)=O. The standard InChI is InChI=1S/C19H19N5O3S2/c1-12(25)13-5-2-3-6-14(13)21-17(27)11-29-19-23-22-18(15-7-4-10-28-15)24(19)9-8-16(20)26/h2-7,10H,8-9,11H2,1H3,(H2,20,26)(H,21,27). The Morgan fingerprint density at radius 2 is 1.97 bits per heavy atom. The van der Waals surface area contributed by atoms with Crippen LogP contribution >= 0.6 is 23.1 Å². The van der Waals surface area contributed by atoms with Crippen LogP contribution < -0.4 is 11.1 Å². The van der Waals surface area contributed by atoms with E-state index in [4.69, 9.17) is 5.73 Å². The third kappa shape index (κ3) is 5.30. The fraction of sp³-hybridized carbons (Fsp3) is 0.211. The fourth-order valence-electron chi connectivity index (χ4n) is 2.62. The van der Waals surface area contributed by atoms with Crippen molar-refractivity contribution < 1.29 is 14.4 Å². The first-order chi connectivity index (χ1) is 14.0. The lowest BCUT2D eigenvalue weighted by molar-refractivity contribution is -0.118. The lowest BCUT2D eigenvalue weighted by Gasteiger charge is -2.10. The Hall–Kier alpha value is -2.98. The maximum Gasteiger partial charge on any atom is 0.234 e. The van der Waals surface area contributed by atoms with Crippen LogP contribution in [0.15, 0.2) is 46.9 Å². The lowest BCUT2D eigenvalue weighted by Crippen LogP contribution is -2.17. The number of nitrogens with two attached hydrogens (primary N) is 1. The fourth-order valence-corrected chi connectivity index (χ4v) is 4.10. The molecule has 3 rings (SSSR count). The van der Waals surface area contributed by atoms with Crippen molar-refractivity contribution >= 4 is 46.4 Å². The van der Waals surface area contributed by atoms with Crippen molar-refractivity contribution in [3.63, 3.8) is 0 Å². The zero-order valence-electron chi connectivity index (χ0n) is 15.6. The molecular formula is C19H19N5O3S2. The smallest absolute Gasteiger partial charge is 0.234 e. The molecule has 8 nitrogen and oxygen atoms in total. The van der Waals surface area contributed by atoms with Crippen LogP contribution in [-0.2, 0) is 16.1 Å². The molecule has 0 atom stereocenters.